The van der Waals surface area contributed by atoms with Gasteiger partial charge < -0.3 is 24.1 Å². The van der Waals surface area contributed by atoms with E-state index in [0.29, 0.717) is 13.2 Å². The number of carbonyl (C=O) groups excluding carboxylic acids is 1. The molecule has 0 saturated carbocycles. The first kappa shape index (κ1) is 21.5. The minimum Gasteiger partial charge on any atom is -0.383 e. The van der Waals surface area contributed by atoms with Crippen molar-refractivity contribution in [3.8, 4) is 0 Å². The molecule has 1 aliphatic heterocycles. The molecule has 33 heavy (non-hydrogen) atoms. The quantitative estimate of drug-likeness (QED) is 0.502. The maximum absolute atomic E-state index is 13.4. The van der Waals surface area contributed by atoms with Crippen LogP contribution in [0.3, 0.4) is 0 Å². The Labute approximate surface area is 194 Å². The standard InChI is InChI=1S/C26H31N5O2/c1-18-19(2)31(15-16-33-3)24-10-9-20(17-21(18)24)25(32)29-11-6-12-30(14-13-29)26-27-22-7-4-5-8-23(22)28-26/h4-5,7-10,17H,6,11-16H2,1-3H3,(H,27,28). The zero-order valence-electron chi connectivity index (χ0n) is 19.6. The van der Waals surface area contributed by atoms with Crippen molar-refractivity contribution < 1.29 is 9.53 Å². The molecule has 2 aromatic carbocycles. The zero-order chi connectivity index (χ0) is 22.9. The van der Waals surface area contributed by atoms with E-state index in [2.05, 4.69) is 40.4 Å². The second-order valence-corrected chi connectivity index (χ2v) is 8.80. The van der Waals surface area contributed by atoms with Crippen LogP contribution in [0.5, 0.6) is 0 Å². The highest BCUT2D eigenvalue weighted by Crippen LogP contribution is 2.27. The van der Waals surface area contributed by atoms with Gasteiger partial charge in [-0.3, -0.25) is 4.79 Å². The average Bonchev–Trinajstić information content (AvgIpc) is 3.25. The fraction of sp³-hybridized carbons (Fsp3) is 0.385. The first-order valence-corrected chi connectivity index (χ1v) is 11.6. The molecule has 1 fully saturated rings. The summed E-state index contributed by atoms with van der Waals surface area (Å²) in [6, 6.07) is 14.2. The van der Waals surface area contributed by atoms with Gasteiger partial charge >= 0.3 is 0 Å². The van der Waals surface area contributed by atoms with Crippen molar-refractivity contribution in [2.75, 3.05) is 44.8 Å². The lowest BCUT2D eigenvalue weighted by molar-refractivity contribution is 0.0767. The number of carbonyl (C=O) groups is 1. The van der Waals surface area contributed by atoms with E-state index >= 15 is 0 Å². The van der Waals surface area contributed by atoms with Crippen molar-refractivity contribution in [2.45, 2.75) is 26.8 Å². The molecule has 1 N–H and O–H groups in total. The summed E-state index contributed by atoms with van der Waals surface area (Å²) in [4.78, 5) is 25.8. The molecular formula is C26H31N5O2. The normalized spacial score (nSPS) is 14.9. The van der Waals surface area contributed by atoms with Crippen LogP contribution in [0, 0.1) is 13.8 Å². The lowest BCUT2D eigenvalue weighted by atomic mass is 10.1. The number of anilines is 1. The lowest BCUT2D eigenvalue weighted by Crippen LogP contribution is -2.35. The number of amides is 1. The zero-order valence-corrected chi connectivity index (χ0v) is 19.6. The third kappa shape index (κ3) is 3.97. The van der Waals surface area contributed by atoms with Crippen molar-refractivity contribution in [1.82, 2.24) is 19.4 Å². The monoisotopic (exact) mass is 445 g/mol. The molecule has 5 rings (SSSR count). The van der Waals surface area contributed by atoms with Crippen LogP contribution in [-0.4, -0.2) is 65.2 Å². The molecule has 3 heterocycles. The summed E-state index contributed by atoms with van der Waals surface area (Å²) in [5.74, 6) is 0.987. The fourth-order valence-corrected chi connectivity index (χ4v) is 4.86. The Hall–Kier alpha value is -3.32. The summed E-state index contributed by atoms with van der Waals surface area (Å²) >= 11 is 0. The van der Waals surface area contributed by atoms with Crippen LogP contribution in [-0.2, 0) is 11.3 Å². The maximum atomic E-state index is 13.4. The van der Waals surface area contributed by atoms with Gasteiger partial charge in [0.1, 0.15) is 0 Å². The van der Waals surface area contributed by atoms with E-state index in [-0.39, 0.29) is 5.91 Å². The van der Waals surface area contributed by atoms with Gasteiger partial charge in [0, 0.05) is 62.0 Å². The molecule has 0 bridgehead atoms. The Kier molecular flexibility index (Phi) is 5.81. The summed E-state index contributed by atoms with van der Waals surface area (Å²) in [5, 5.41) is 1.15. The molecule has 0 spiro atoms. The third-order valence-electron chi connectivity index (χ3n) is 6.86. The van der Waals surface area contributed by atoms with E-state index < -0.39 is 0 Å². The molecule has 1 amide bonds. The van der Waals surface area contributed by atoms with E-state index in [4.69, 9.17) is 9.72 Å². The van der Waals surface area contributed by atoms with Gasteiger partial charge in [0.2, 0.25) is 5.95 Å². The smallest absolute Gasteiger partial charge is 0.253 e. The number of hydrogen-bond acceptors (Lipinski definition) is 4. The second-order valence-electron chi connectivity index (χ2n) is 8.80. The van der Waals surface area contributed by atoms with Crippen LogP contribution in [0.2, 0.25) is 0 Å². The van der Waals surface area contributed by atoms with Gasteiger partial charge in [-0.1, -0.05) is 12.1 Å². The number of benzene rings is 2. The summed E-state index contributed by atoms with van der Waals surface area (Å²) < 4.78 is 7.55. The van der Waals surface area contributed by atoms with Gasteiger partial charge in [-0.25, -0.2) is 4.98 Å². The first-order valence-electron chi connectivity index (χ1n) is 11.6. The highest BCUT2D eigenvalue weighted by atomic mass is 16.5. The summed E-state index contributed by atoms with van der Waals surface area (Å²) in [6.07, 6.45) is 0.913. The number of fused-ring (bicyclic) bond motifs is 2. The molecule has 7 nitrogen and oxygen atoms in total. The maximum Gasteiger partial charge on any atom is 0.253 e. The number of methoxy groups -OCH3 is 1. The minimum atomic E-state index is 0.102. The topological polar surface area (TPSA) is 66.4 Å². The molecule has 0 radical (unpaired) electrons. The van der Waals surface area contributed by atoms with Crippen LogP contribution >= 0.6 is 0 Å². The van der Waals surface area contributed by atoms with Gasteiger partial charge in [0.05, 0.1) is 17.6 Å². The average molecular weight is 446 g/mol. The van der Waals surface area contributed by atoms with Crippen LogP contribution in [0.15, 0.2) is 42.5 Å². The van der Waals surface area contributed by atoms with Crippen LogP contribution in [0.4, 0.5) is 5.95 Å². The molecular weight excluding hydrogens is 414 g/mol. The van der Waals surface area contributed by atoms with Crippen molar-refractivity contribution in [3.05, 3.63) is 59.3 Å². The van der Waals surface area contributed by atoms with E-state index in [0.717, 1.165) is 66.0 Å². The van der Waals surface area contributed by atoms with Gasteiger partial charge in [0.15, 0.2) is 0 Å². The summed E-state index contributed by atoms with van der Waals surface area (Å²) in [5.41, 5.74) is 6.38. The SMILES string of the molecule is COCCn1c(C)c(C)c2cc(C(=O)N3CCCN(c4nc5ccccc5[nH]4)CC3)ccc21. The number of imidazole rings is 1. The van der Waals surface area contributed by atoms with Crippen molar-refractivity contribution in [3.63, 3.8) is 0 Å². The summed E-state index contributed by atoms with van der Waals surface area (Å²) in [6.45, 7) is 8.81. The molecule has 7 heteroatoms. The van der Waals surface area contributed by atoms with Crippen LogP contribution < -0.4 is 4.90 Å². The van der Waals surface area contributed by atoms with E-state index in [9.17, 15) is 4.79 Å². The Morgan fingerprint density at radius 2 is 1.94 bits per heavy atom. The highest BCUT2D eigenvalue weighted by molar-refractivity contribution is 5.99. The third-order valence-corrected chi connectivity index (χ3v) is 6.86. The number of H-pyrrole nitrogens is 1. The van der Waals surface area contributed by atoms with E-state index in [1.807, 2.05) is 35.2 Å². The Morgan fingerprint density at radius 1 is 1.09 bits per heavy atom. The van der Waals surface area contributed by atoms with Gasteiger partial charge in [-0.05, 0) is 56.2 Å². The molecule has 0 aliphatic carbocycles. The number of aryl methyl sites for hydroxylation is 1. The van der Waals surface area contributed by atoms with Gasteiger partial charge in [-0.2, -0.15) is 0 Å². The van der Waals surface area contributed by atoms with E-state index in [1.165, 1.54) is 11.3 Å². The largest absolute Gasteiger partial charge is 0.383 e. The van der Waals surface area contributed by atoms with Gasteiger partial charge in [-0.15, -0.1) is 0 Å². The highest BCUT2D eigenvalue weighted by Gasteiger charge is 2.23. The summed E-state index contributed by atoms with van der Waals surface area (Å²) in [7, 11) is 1.72. The number of aromatic nitrogens is 3. The minimum absolute atomic E-state index is 0.102. The predicted molar refractivity (Wildman–Crippen MR) is 132 cm³/mol. The van der Waals surface area contributed by atoms with Crippen molar-refractivity contribution in [1.29, 1.82) is 0 Å². The Bertz CT molecular complexity index is 1270. The molecule has 172 valence electrons. The Balaban J connectivity index is 1.34. The lowest BCUT2D eigenvalue weighted by Gasteiger charge is -2.22. The van der Waals surface area contributed by atoms with Crippen LogP contribution in [0.25, 0.3) is 21.9 Å². The molecule has 4 aromatic rings. The number of nitrogens with one attached hydrogen (secondary N) is 1. The first-order chi connectivity index (χ1) is 16.1. The van der Waals surface area contributed by atoms with E-state index in [1.54, 1.807) is 7.11 Å². The molecule has 2 aromatic heterocycles. The second kappa shape index (κ2) is 8.90. The Morgan fingerprint density at radius 3 is 2.76 bits per heavy atom. The molecule has 0 atom stereocenters. The number of rotatable bonds is 5. The predicted octanol–water partition coefficient (Wildman–Crippen LogP) is 4.13. The fourth-order valence-electron chi connectivity index (χ4n) is 4.86. The van der Waals surface area contributed by atoms with Crippen molar-refractivity contribution >= 4 is 33.8 Å². The molecule has 1 saturated heterocycles. The number of ether oxygens (including phenoxy) is 1. The number of para-hydroxylation sites is 2. The molecule has 0 unspecified atom stereocenters. The number of hydrogen-bond donors (Lipinski definition) is 1. The number of aromatic amines is 1. The van der Waals surface area contributed by atoms with Crippen LogP contribution in [0.1, 0.15) is 28.0 Å². The van der Waals surface area contributed by atoms with Gasteiger partial charge in [0.25, 0.3) is 5.91 Å². The molecule has 1 aliphatic rings. The number of nitrogens with zero attached hydrogens (tertiary/aromatic N) is 4. The van der Waals surface area contributed by atoms with Crippen molar-refractivity contribution in [2.24, 2.45) is 0 Å².